The number of rotatable bonds is 9. The number of nitrogens with one attached hydrogen (secondary N) is 2. The number of hydrogen-bond acceptors (Lipinski definition) is 5. The number of nitrogens with zero attached hydrogens (tertiary/aromatic N) is 1. The number of benzene rings is 2. The highest BCUT2D eigenvalue weighted by atomic mass is 35.5. The van der Waals surface area contributed by atoms with Gasteiger partial charge >= 0.3 is 0 Å². The van der Waals surface area contributed by atoms with Crippen molar-refractivity contribution in [3.8, 4) is 5.75 Å². The van der Waals surface area contributed by atoms with Crippen molar-refractivity contribution in [1.29, 1.82) is 0 Å². The number of ether oxygens (including phenoxy) is 1. The smallest absolute Gasteiger partial charge is 0.262 e. The van der Waals surface area contributed by atoms with Crippen LogP contribution in [-0.2, 0) is 9.59 Å². The van der Waals surface area contributed by atoms with Crippen molar-refractivity contribution >= 4 is 47.1 Å². The Morgan fingerprint density at radius 1 is 1.16 bits per heavy atom. The van der Waals surface area contributed by atoms with E-state index in [-0.39, 0.29) is 23.1 Å². The molecule has 0 radical (unpaired) electrons. The molecule has 1 atom stereocenters. The third kappa shape index (κ3) is 7.58. The van der Waals surface area contributed by atoms with Gasteiger partial charge in [0.05, 0.1) is 16.8 Å². The number of hydrazone groups is 1. The molecule has 2 aromatic rings. The molecule has 3 amide bonds. The summed E-state index contributed by atoms with van der Waals surface area (Å²) < 4.78 is 5.22. The first-order chi connectivity index (χ1) is 14.7. The SMILES string of the molecule is CC(C)C(NC(=O)c1ccc(Cl)cc1Cl)C(=O)N/N=C/c1cccc(OCC(N)=O)c1. The van der Waals surface area contributed by atoms with Crippen molar-refractivity contribution in [2.24, 2.45) is 16.8 Å². The van der Waals surface area contributed by atoms with E-state index in [0.717, 1.165) is 0 Å². The van der Waals surface area contributed by atoms with Crippen LogP contribution in [-0.4, -0.2) is 36.6 Å². The minimum absolute atomic E-state index is 0.185. The molecule has 0 aliphatic carbocycles. The number of primary amides is 1. The summed E-state index contributed by atoms with van der Waals surface area (Å²) in [4.78, 5) is 35.9. The minimum Gasteiger partial charge on any atom is -0.484 e. The van der Waals surface area contributed by atoms with Gasteiger partial charge in [0.25, 0.3) is 17.7 Å². The zero-order chi connectivity index (χ0) is 23.0. The Hall–Kier alpha value is -3.10. The fraction of sp³-hybridized carbons (Fsp3) is 0.238. The van der Waals surface area contributed by atoms with Crippen LogP contribution < -0.4 is 21.2 Å². The van der Waals surface area contributed by atoms with Crippen LogP contribution >= 0.6 is 23.2 Å². The number of nitrogens with two attached hydrogens (primary N) is 1. The van der Waals surface area contributed by atoms with E-state index in [2.05, 4.69) is 15.8 Å². The van der Waals surface area contributed by atoms with E-state index in [9.17, 15) is 14.4 Å². The summed E-state index contributed by atoms with van der Waals surface area (Å²) in [5.41, 5.74) is 8.29. The van der Waals surface area contributed by atoms with Crippen LogP contribution in [0.2, 0.25) is 10.0 Å². The average molecular weight is 465 g/mol. The number of hydrogen-bond donors (Lipinski definition) is 3. The second-order valence-electron chi connectivity index (χ2n) is 6.88. The fourth-order valence-corrected chi connectivity index (χ4v) is 3.00. The maximum atomic E-state index is 12.6. The summed E-state index contributed by atoms with van der Waals surface area (Å²) in [5, 5.41) is 7.17. The molecular weight excluding hydrogens is 443 g/mol. The van der Waals surface area contributed by atoms with Crippen LogP contribution in [0.15, 0.2) is 47.6 Å². The lowest BCUT2D eigenvalue weighted by atomic mass is 10.0. The van der Waals surface area contributed by atoms with Crippen LogP contribution in [0, 0.1) is 5.92 Å². The van der Waals surface area contributed by atoms with Crippen molar-refractivity contribution in [2.75, 3.05) is 6.61 Å². The molecule has 2 aromatic carbocycles. The Morgan fingerprint density at radius 2 is 1.90 bits per heavy atom. The van der Waals surface area contributed by atoms with E-state index in [1.807, 2.05) is 0 Å². The molecule has 164 valence electrons. The minimum atomic E-state index is -0.846. The van der Waals surface area contributed by atoms with Crippen LogP contribution in [0.3, 0.4) is 0 Å². The van der Waals surface area contributed by atoms with Gasteiger partial charge in [0.1, 0.15) is 11.8 Å². The van der Waals surface area contributed by atoms with Gasteiger partial charge in [0.2, 0.25) is 0 Å². The quantitative estimate of drug-likeness (QED) is 0.389. The van der Waals surface area contributed by atoms with Crippen molar-refractivity contribution < 1.29 is 19.1 Å². The van der Waals surface area contributed by atoms with E-state index in [1.54, 1.807) is 44.2 Å². The van der Waals surface area contributed by atoms with Gasteiger partial charge < -0.3 is 15.8 Å². The lowest BCUT2D eigenvalue weighted by Gasteiger charge is -2.20. The van der Waals surface area contributed by atoms with Gasteiger partial charge in [-0.1, -0.05) is 49.2 Å². The van der Waals surface area contributed by atoms with Gasteiger partial charge in [-0.25, -0.2) is 5.43 Å². The van der Waals surface area contributed by atoms with Crippen molar-refractivity contribution in [3.63, 3.8) is 0 Å². The topological polar surface area (TPSA) is 123 Å². The molecule has 8 nitrogen and oxygen atoms in total. The molecule has 0 fully saturated rings. The summed E-state index contributed by atoms with van der Waals surface area (Å²) in [6.45, 7) is 3.33. The molecule has 4 N–H and O–H groups in total. The molecule has 10 heteroatoms. The lowest BCUT2D eigenvalue weighted by Crippen LogP contribution is -2.48. The molecule has 0 spiro atoms. The zero-order valence-electron chi connectivity index (χ0n) is 16.9. The second kappa shape index (κ2) is 11.3. The van der Waals surface area contributed by atoms with E-state index in [4.69, 9.17) is 33.7 Å². The second-order valence-corrected chi connectivity index (χ2v) is 7.72. The molecule has 0 aliphatic heterocycles. The Labute approximate surface area is 189 Å². The van der Waals surface area contributed by atoms with Gasteiger partial charge in [0.15, 0.2) is 6.61 Å². The monoisotopic (exact) mass is 464 g/mol. The highest BCUT2D eigenvalue weighted by Gasteiger charge is 2.25. The van der Waals surface area contributed by atoms with Crippen molar-refractivity contribution in [2.45, 2.75) is 19.9 Å². The van der Waals surface area contributed by atoms with Crippen LogP contribution in [0.5, 0.6) is 5.75 Å². The molecule has 0 saturated heterocycles. The Morgan fingerprint density at radius 3 is 2.55 bits per heavy atom. The lowest BCUT2D eigenvalue weighted by molar-refractivity contribution is -0.124. The predicted octanol–water partition coefficient (Wildman–Crippen LogP) is 2.76. The normalized spacial score (nSPS) is 11.9. The molecular formula is C21H22Cl2N4O4. The summed E-state index contributed by atoms with van der Waals surface area (Å²) in [7, 11) is 0. The molecule has 31 heavy (non-hydrogen) atoms. The Bertz CT molecular complexity index is 995. The van der Waals surface area contributed by atoms with E-state index >= 15 is 0 Å². The van der Waals surface area contributed by atoms with Gasteiger partial charge in [0, 0.05) is 5.02 Å². The van der Waals surface area contributed by atoms with E-state index in [0.29, 0.717) is 16.3 Å². The molecule has 2 rings (SSSR count). The average Bonchev–Trinajstić information content (AvgIpc) is 2.70. The first-order valence-corrected chi connectivity index (χ1v) is 10.0. The molecule has 0 aromatic heterocycles. The summed E-state index contributed by atoms with van der Waals surface area (Å²) >= 11 is 11.9. The number of carbonyl (C=O) groups excluding carboxylic acids is 3. The maximum Gasteiger partial charge on any atom is 0.262 e. The van der Waals surface area contributed by atoms with Gasteiger partial charge in [-0.3, -0.25) is 14.4 Å². The molecule has 0 heterocycles. The highest BCUT2D eigenvalue weighted by Crippen LogP contribution is 2.21. The molecule has 0 saturated carbocycles. The highest BCUT2D eigenvalue weighted by molar-refractivity contribution is 6.36. The summed E-state index contributed by atoms with van der Waals surface area (Å²) in [5.74, 6) is -1.37. The maximum absolute atomic E-state index is 12.6. The van der Waals surface area contributed by atoms with Crippen molar-refractivity contribution in [3.05, 3.63) is 63.6 Å². The summed E-state index contributed by atoms with van der Waals surface area (Å²) in [6, 6.07) is 10.4. The largest absolute Gasteiger partial charge is 0.484 e. The van der Waals surface area contributed by atoms with Gasteiger partial charge in [-0.2, -0.15) is 5.10 Å². The van der Waals surface area contributed by atoms with Crippen LogP contribution in [0.25, 0.3) is 0 Å². The summed E-state index contributed by atoms with van der Waals surface area (Å²) in [6.07, 6.45) is 1.41. The van der Waals surface area contributed by atoms with Gasteiger partial charge in [-0.05, 0) is 41.8 Å². The molecule has 0 bridgehead atoms. The first kappa shape index (κ1) is 24.2. The first-order valence-electron chi connectivity index (χ1n) is 9.27. The van der Waals surface area contributed by atoms with Gasteiger partial charge in [-0.15, -0.1) is 0 Å². The fourth-order valence-electron chi connectivity index (χ4n) is 2.51. The molecule has 0 aliphatic rings. The molecule has 1 unspecified atom stereocenters. The van der Waals surface area contributed by atoms with Crippen LogP contribution in [0.4, 0.5) is 0 Å². The predicted molar refractivity (Wildman–Crippen MR) is 119 cm³/mol. The van der Waals surface area contributed by atoms with Crippen molar-refractivity contribution in [1.82, 2.24) is 10.7 Å². The van der Waals surface area contributed by atoms with E-state index < -0.39 is 23.8 Å². The number of amides is 3. The Balaban J connectivity index is 2.01. The number of halogens is 2. The Kier molecular flexibility index (Phi) is 8.84. The zero-order valence-corrected chi connectivity index (χ0v) is 18.4. The third-order valence-electron chi connectivity index (χ3n) is 4.04. The third-order valence-corrected chi connectivity index (χ3v) is 4.59. The van der Waals surface area contributed by atoms with E-state index in [1.165, 1.54) is 18.3 Å². The number of carbonyl (C=O) groups is 3. The standard InChI is InChI=1S/C21H22Cl2N4O4/c1-12(2)19(26-20(29)16-7-6-14(22)9-17(16)23)21(30)27-25-10-13-4-3-5-15(8-13)31-11-18(24)28/h3-10,12,19H,11H2,1-2H3,(H2,24,28)(H,26,29)(H,27,30)/b25-10+. The van der Waals surface area contributed by atoms with Crippen LogP contribution in [0.1, 0.15) is 29.8 Å².